The molecule has 7 unspecified atom stereocenters. The van der Waals surface area contributed by atoms with E-state index < -0.39 is 49.5 Å². The molecule has 1 heterocycles. The van der Waals surface area contributed by atoms with Crippen molar-refractivity contribution in [1.29, 1.82) is 0 Å². The molecule has 0 spiro atoms. The van der Waals surface area contributed by atoms with Crippen molar-refractivity contribution in [3.63, 3.8) is 0 Å². The topological polar surface area (TPSA) is 149 Å². The number of aliphatic hydroxyl groups excluding tert-OH is 5. The van der Waals surface area contributed by atoms with Crippen LogP contribution in [0.5, 0.6) is 0 Å². The minimum Gasteiger partial charge on any atom is -0.394 e. The zero-order valence-electron chi connectivity index (χ0n) is 59.8. The van der Waals surface area contributed by atoms with E-state index in [9.17, 15) is 30.3 Å². The summed E-state index contributed by atoms with van der Waals surface area (Å²) in [5.41, 5.74) is 0. The standard InChI is InChI=1S/C83H147NO8/c1-3-5-7-9-11-13-15-17-19-21-23-25-27-29-31-33-35-37-38-39-40-41-43-45-47-49-51-53-55-57-59-61-63-65-67-69-71-73-79(87)84-76(75-91-83-82(90)81(89)80(88)78(74-85)92-83)77(86)72-70-68-66-64-62-60-58-56-54-52-50-48-46-44-42-36-34-32-30-28-26-24-22-20-18-16-14-12-10-8-6-4-2/h5,7,11,13,17,19,23,25,29,31,35,37,39-40,43,45,49,51,76-78,80-83,85-86,88-90H,3-4,6,8-10,12,14-16,18,20-22,24,26-28,30,32-34,36,38,41-42,44,46-48,50,52-75H2,1-2H3,(H,84,87)/b7-5-,13-11-,19-17-,25-23-,31-29-,37-35-,40-39-,45-43-,51-49-. The van der Waals surface area contributed by atoms with Gasteiger partial charge in [0.15, 0.2) is 6.29 Å². The van der Waals surface area contributed by atoms with Crippen LogP contribution in [0.3, 0.4) is 0 Å². The van der Waals surface area contributed by atoms with Gasteiger partial charge in [0.2, 0.25) is 5.91 Å². The van der Waals surface area contributed by atoms with Crippen LogP contribution in [0.15, 0.2) is 109 Å². The Hall–Kier alpha value is -3.15. The molecule has 0 radical (unpaired) electrons. The van der Waals surface area contributed by atoms with Crippen molar-refractivity contribution in [1.82, 2.24) is 5.32 Å². The molecule has 1 aliphatic heterocycles. The second-order valence-electron chi connectivity index (χ2n) is 26.8. The number of allylic oxidation sites excluding steroid dienone is 18. The van der Waals surface area contributed by atoms with Crippen LogP contribution in [0.25, 0.3) is 0 Å². The molecule has 1 saturated heterocycles. The van der Waals surface area contributed by atoms with Gasteiger partial charge in [-0.3, -0.25) is 4.79 Å². The third-order valence-electron chi connectivity index (χ3n) is 18.1. The van der Waals surface area contributed by atoms with Gasteiger partial charge >= 0.3 is 0 Å². The lowest BCUT2D eigenvalue weighted by Gasteiger charge is -2.40. The van der Waals surface area contributed by atoms with E-state index in [2.05, 4.69) is 129 Å². The molecule has 0 bridgehead atoms. The maximum atomic E-state index is 13.2. The molecule has 1 rings (SSSR count). The van der Waals surface area contributed by atoms with Gasteiger partial charge in [0, 0.05) is 6.42 Å². The Bertz CT molecular complexity index is 1830. The first-order valence-electron chi connectivity index (χ1n) is 39.1. The van der Waals surface area contributed by atoms with Gasteiger partial charge in [0.05, 0.1) is 25.4 Å². The van der Waals surface area contributed by atoms with Gasteiger partial charge in [-0.2, -0.15) is 0 Å². The smallest absolute Gasteiger partial charge is 0.220 e. The molecule has 532 valence electrons. The third kappa shape index (κ3) is 58.2. The predicted molar refractivity (Wildman–Crippen MR) is 396 cm³/mol. The molecule has 9 nitrogen and oxygen atoms in total. The summed E-state index contributed by atoms with van der Waals surface area (Å²) in [5.74, 6) is -0.150. The van der Waals surface area contributed by atoms with Crippen molar-refractivity contribution in [2.75, 3.05) is 13.2 Å². The highest BCUT2D eigenvalue weighted by Crippen LogP contribution is 2.24. The third-order valence-corrected chi connectivity index (χ3v) is 18.1. The molecular formula is C83H147NO8. The average Bonchev–Trinajstić information content (AvgIpc) is 1.00. The number of ether oxygens (including phenoxy) is 2. The van der Waals surface area contributed by atoms with Crippen LogP contribution in [0.4, 0.5) is 0 Å². The number of unbranched alkanes of at least 4 members (excludes halogenated alkanes) is 40. The summed E-state index contributed by atoms with van der Waals surface area (Å²) in [4.78, 5) is 13.2. The zero-order chi connectivity index (χ0) is 66.4. The van der Waals surface area contributed by atoms with Crippen LogP contribution in [0.2, 0.25) is 0 Å². The molecule has 9 heteroatoms. The first-order valence-corrected chi connectivity index (χ1v) is 39.1. The maximum Gasteiger partial charge on any atom is 0.220 e. The summed E-state index contributed by atoms with van der Waals surface area (Å²) in [6.07, 6.45) is 97.5. The first kappa shape index (κ1) is 86.9. The molecule has 0 aromatic heterocycles. The fourth-order valence-electron chi connectivity index (χ4n) is 12.1. The molecule has 1 amide bonds. The van der Waals surface area contributed by atoms with Gasteiger partial charge in [-0.25, -0.2) is 0 Å². The lowest BCUT2D eigenvalue weighted by atomic mass is 9.99. The Morgan fingerprint density at radius 1 is 0.380 bits per heavy atom. The van der Waals surface area contributed by atoms with Crippen molar-refractivity contribution in [2.45, 2.75) is 397 Å². The molecule has 6 N–H and O–H groups in total. The second-order valence-corrected chi connectivity index (χ2v) is 26.8. The Morgan fingerprint density at radius 2 is 0.674 bits per heavy atom. The molecule has 0 aromatic carbocycles. The largest absolute Gasteiger partial charge is 0.394 e. The number of rotatable bonds is 68. The molecule has 0 saturated carbocycles. The fourth-order valence-corrected chi connectivity index (χ4v) is 12.1. The second kappa shape index (κ2) is 70.6. The van der Waals surface area contributed by atoms with Gasteiger partial charge in [0.25, 0.3) is 0 Å². The highest BCUT2D eigenvalue weighted by molar-refractivity contribution is 5.76. The highest BCUT2D eigenvalue weighted by atomic mass is 16.7. The molecule has 1 aliphatic rings. The Labute approximate surface area is 567 Å². The minimum absolute atomic E-state index is 0.144. The van der Waals surface area contributed by atoms with E-state index in [0.717, 1.165) is 103 Å². The predicted octanol–water partition coefficient (Wildman–Crippen LogP) is 22.4. The van der Waals surface area contributed by atoms with Crippen molar-refractivity contribution in [2.24, 2.45) is 0 Å². The number of hydrogen-bond donors (Lipinski definition) is 6. The van der Waals surface area contributed by atoms with E-state index in [1.165, 1.54) is 225 Å². The van der Waals surface area contributed by atoms with Crippen LogP contribution in [0.1, 0.15) is 354 Å². The SMILES string of the molecule is CC/C=C\C/C=C\C/C=C\C/C=C\C/C=C\C/C=C\C/C=C\C/C=C\C/C=C\CCCCCCCCCCCC(=O)NC(COC1OC(CO)C(O)C(O)C1O)C(O)CCCCCCCCCCCCCCCCCCCCCCCCCCCCCCCCCC. The lowest BCUT2D eigenvalue weighted by Crippen LogP contribution is -2.60. The average molecular weight is 1290 g/mol. The Balaban J connectivity index is 2.11. The van der Waals surface area contributed by atoms with E-state index in [-0.39, 0.29) is 12.5 Å². The van der Waals surface area contributed by atoms with Gasteiger partial charge in [0.1, 0.15) is 24.4 Å². The summed E-state index contributed by atoms with van der Waals surface area (Å²) < 4.78 is 11.4. The summed E-state index contributed by atoms with van der Waals surface area (Å²) in [5, 5.41) is 55.1. The van der Waals surface area contributed by atoms with Gasteiger partial charge < -0.3 is 40.3 Å². The maximum absolute atomic E-state index is 13.2. The lowest BCUT2D eigenvalue weighted by molar-refractivity contribution is -0.302. The van der Waals surface area contributed by atoms with Gasteiger partial charge in [-0.05, 0) is 83.5 Å². The normalized spacial score (nSPS) is 18.3. The first-order chi connectivity index (χ1) is 45.3. The summed E-state index contributed by atoms with van der Waals surface area (Å²) in [6, 6.07) is -0.732. The number of nitrogens with one attached hydrogen (secondary N) is 1. The number of carbonyl (C=O) groups excluding carboxylic acids is 1. The number of amides is 1. The van der Waals surface area contributed by atoms with Crippen LogP contribution < -0.4 is 5.32 Å². The van der Waals surface area contributed by atoms with E-state index in [4.69, 9.17) is 9.47 Å². The van der Waals surface area contributed by atoms with E-state index in [1.807, 2.05) is 0 Å². The van der Waals surface area contributed by atoms with Crippen LogP contribution in [-0.4, -0.2) is 87.5 Å². The van der Waals surface area contributed by atoms with Crippen LogP contribution in [0, 0.1) is 0 Å². The van der Waals surface area contributed by atoms with Gasteiger partial charge in [-0.1, -0.05) is 374 Å². The summed E-state index contributed by atoms with van der Waals surface area (Å²) in [6.45, 7) is 3.76. The van der Waals surface area contributed by atoms with Crippen molar-refractivity contribution in [3.05, 3.63) is 109 Å². The molecule has 0 aromatic rings. The molecular weight excluding hydrogens is 1140 g/mol. The molecule has 92 heavy (non-hydrogen) atoms. The number of aliphatic hydroxyl groups is 5. The van der Waals surface area contributed by atoms with E-state index in [1.54, 1.807) is 0 Å². The van der Waals surface area contributed by atoms with Crippen LogP contribution >= 0.6 is 0 Å². The molecule has 7 atom stereocenters. The van der Waals surface area contributed by atoms with E-state index in [0.29, 0.717) is 12.8 Å². The molecule has 1 fully saturated rings. The summed E-state index contributed by atoms with van der Waals surface area (Å²) in [7, 11) is 0. The van der Waals surface area contributed by atoms with Crippen molar-refractivity contribution in [3.8, 4) is 0 Å². The zero-order valence-corrected chi connectivity index (χ0v) is 59.8. The van der Waals surface area contributed by atoms with Crippen molar-refractivity contribution < 1.29 is 39.8 Å². The molecule has 0 aliphatic carbocycles. The van der Waals surface area contributed by atoms with E-state index >= 15 is 0 Å². The number of hydrogen-bond acceptors (Lipinski definition) is 8. The van der Waals surface area contributed by atoms with Crippen LogP contribution in [-0.2, 0) is 14.3 Å². The van der Waals surface area contributed by atoms with Gasteiger partial charge in [-0.15, -0.1) is 0 Å². The minimum atomic E-state index is -1.56. The number of carbonyl (C=O) groups is 1. The van der Waals surface area contributed by atoms with Crippen molar-refractivity contribution >= 4 is 5.91 Å². The highest BCUT2D eigenvalue weighted by Gasteiger charge is 2.44. The summed E-state index contributed by atoms with van der Waals surface area (Å²) >= 11 is 0. The Morgan fingerprint density at radius 3 is 1.00 bits per heavy atom. The quantitative estimate of drug-likeness (QED) is 0.0261. The fraction of sp³-hybridized carbons (Fsp3) is 0.771. The Kier molecular flexibility index (Phi) is 66.7. The monoisotopic (exact) mass is 1290 g/mol.